The average molecular weight is 381 g/mol. The summed E-state index contributed by atoms with van der Waals surface area (Å²) >= 11 is 0. The van der Waals surface area contributed by atoms with Crippen molar-refractivity contribution in [3.8, 4) is 0 Å². The fraction of sp³-hybridized carbons (Fsp3) is 0.368. The number of carbonyl (C=O) groups is 2. The van der Waals surface area contributed by atoms with Crippen LogP contribution >= 0.6 is 0 Å². The van der Waals surface area contributed by atoms with E-state index in [-0.39, 0.29) is 18.0 Å². The van der Waals surface area contributed by atoms with E-state index in [1.54, 1.807) is 16.6 Å². The molecule has 0 bridgehead atoms. The molecule has 9 heteroatoms. The Morgan fingerprint density at radius 3 is 2.89 bits per heavy atom. The Labute approximate surface area is 163 Å². The van der Waals surface area contributed by atoms with Gasteiger partial charge in [-0.25, -0.2) is 9.67 Å². The van der Waals surface area contributed by atoms with Crippen molar-refractivity contribution in [2.75, 3.05) is 13.6 Å². The molecule has 0 radical (unpaired) electrons. The Kier molecular flexibility index (Phi) is 4.72. The van der Waals surface area contributed by atoms with Gasteiger partial charge < -0.3 is 20.4 Å². The highest BCUT2D eigenvalue weighted by atomic mass is 16.2. The lowest BCUT2D eigenvalue weighted by atomic mass is 10.2. The second-order valence-corrected chi connectivity index (χ2v) is 7.03. The summed E-state index contributed by atoms with van der Waals surface area (Å²) in [6.45, 7) is 3.19. The van der Waals surface area contributed by atoms with Gasteiger partial charge in [-0.2, -0.15) is 0 Å². The van der Waals surface area contributed by atoms with Gasteiger partial charge in [0.25, 0.3) is 5.91 Å². The number of benzene rings is 1. The highest BCUT2D eigenvalue weighted by molar-refractivity contribution is 5.94. The average Bonchev–Trinajstić information content (AvgIpc) is 3.28. The molecule has 2 amide bonds. The molecule has 1 aromatic heterocycles. The summed E-state index contributed by atoms with van der Waals surface area (Å²) < 4.78 is 1.61. The van der Waals surface area contributed by atoms with E-state index in [4.69, 9.17) is 0 Å². The first-order valence-corrected chi connectivity index (χ1v) is 9.23. The van der Waals surface area contributed by atoms with Crippen molar-refractivity contribution < 1.29 is 9.59 Å². The molecule has 2 N–H and O–H groups in total. The predicted molar refractivity (Wildman–Crippen MR) is 102 cm³/mol. The van der Waals surface area contributed by atoms with Crippen LogP contribution in [0.2, 0.25) is 0 Å². The maximum atomic E-state index is 12.8. The van der Waals surface area contributed by atoms with Crippen molar-refractivity contribution in [2.24, 2.45) is 0 Å². The van der Waals surface area contributed by atoms with Gasteiger partial charge in [0.15, 0.2) is 6.29 Å². The van der Waals surface area contributed by atoms with Gasteiger partial charge >= 0.3 is 0 Å². The van der Waals surface area contributed by atoms with Gasteiger partial charge in [0.1, 0.15) is 12.4 Å². The lowest BCUT2D eigenvalue weighted by molar-refractivity contribution is -0.135. The standard InChI is InChI=1S/C19H23N7O2/c1-13-10-20-19-24(2)18(28)15(8-9-26(13)19)22-17(27)16-21-12-25(23-16)11-14-6-4-3-5-7-14/h3-7,10,12,15,19-20H,8-9,11H2,1-2H3,(H,22,27). The van der Waals surface area contributed by atoms with E-state index < -0.39 is 11.9 Å². The number of hydrogen-bond acceptors (Lipinski definition) is 6. The third kappa shape index (κ3) is 3.42. The van der Waals surface area contributed by atoms with Crippen molar-refractivity contribution >= 4 is 11.8 Å². The first-order valence-electron chi connectivity index (χ1n) is 9.23. The summed E-state index contributed by atoms with van der Waals surface area (Å²) in [5.41, 5.74) is 2.13. The topological polar surface area (TPSA) is 95.4 Å². The number of likely N-dealkylation sites (N-methyl/N-ethyl adjacent to an activating group) is 1. The molecular weight excluding hydrogens is 358 g/mol. The molecule has 146 valence electrons. The molecular formula is C19H23N7O2. The van der Waals surface area contributed by atoms with Crippen molar-refractivity contribution in [3.63, 3.8) is 0 Å². The van der Waals surface area contributed by atoms with Crippen LogP contribution in [-0.4, -0.2) is 62.3 Å². The summed E-state index contributed by atoms with van der Waals surface area (Å²) in [5.74, 6) is -0.522. The van der Waals surface area contributed by atoms with Crippen LogP contribution in [0.5, 0.6) is 0 Å². The summed E-state index contributed by atoms with van der Waals surface area (Å²) in [6.07, 6.45) is 3.73. The molecule has 3 heterocycles. The minimum absolute atomic E-state index is 0.0605. The number of nitrogens with zero attached hydrogens (tertiary/aromatic N) is 5. The van der Waals surface area contributed by atoms with Crippen LogP contribution in [-0.2, 0) is 11.3 Å². The lowest BCUT2D eigenvalue weighted by Crippen LogP contribution is -2.53. The van der Waals surface area contributed by atoms with Gasteiger partial charge in [-0.1, -0.05) is 30.3 Å². The Morgan fingerprint density at radius 2 is 2.11 bits per heavy atom. The van der Waals surface area contributed by atoms with Gasteiger partial charge in [-0.15, -0.1) is 5.10 Å². The Balaban J connectivity index is 1.42. The zero-order valence-electron chi connectivity index (χ0n) is 15.9. The minimum Gasteiger partial charge on any atom is -0.353 e. The van der Waals surface area contributed by atoms with Gasteiger partial charge in [0.2, 0.25) is 11.7 Å². The zero-order valence-corrected chi connectivity index (χ0v) is 15.9. The Bertz CT molecular complexity index is 908. The van der Waals surface area contributed by atoms with Crippen LogP contribution in [0.15, 0.2) is 48.6 Å². The number of fused-ring (bicyclic) bond motifs is 1. The first-order chi connectivity index (χ1) is 13.5. The normalized spacial score (nSPS) is 21.6. The molecule has 2 unspecified atom stereocenters. The van der Waals surface area contributed by atoms with E-state index in [2.05, 4.69) is 25.6 Å². The predicted octanol–water partition coefficient (Wildman–Crippen LogP) is 0.337. The lowest BCUT2D eigenvalue weighted by Gasteiger charge is -2.32. The number of aromatic nitrogens is 3. The number of allylic oxidation sites excluding steroid dienone is 1. The SMILES string of the molecule is CC1=CNC2N(C)C(=O)C(NC(=O)c3ncn(Cc4ccccc4)n3)CCN12. The third-order valence-electron chi connectivity index (χ3n) is 5.09. The van der Waals surface area contributed by atoms with Gasteiger partial charge in [-0.3, -0.25) is 9.59 Å². The third-order valence-corrected chi connectivity index (χ3v) is 5.09. The van der Waals surface area contributed by atoms with Crippen molar-refractivity contribution in [3.05, 3.63) is 59.9 Å². The van der Waals surface area contributed by atoms with E-state index >= 15 is 0 Å². The van der Waals surface area contributed by atoms with Crippen LogP contribution in [0, 0.1) is 0 Å². The molecule has 1 fully saturated rings. The second-order valence-electron chi connectivity index (χ2n) is 7.03. The maximum absolute atomic E-state index is 12.8. The van der Waals surface area contributed by atoms with E-state index in [1.807, 2.05) is 43.5 Å². The quantitative estimate of drug-likeness (QED) is 0.793. The molecule has 0 saturated carbocycles. The molecule has 2 aliphatic rings. The summed E-state index contributed by atoms with van der Waals surface area (Å²) in [7, 11) is 1.73. The van der Waals surface area contributed by atoms with Crippen LogP contribution < -0.4 is 10.6 Å². The largest absolute Gasteiger partial charge is 0.353 e. The fourth-order valence-electron chi connectivity index (χ4n) is 3.54. The van der Waals surface area contributed by atoms with Crippen molar-refractivity contribution in [1.29, 1.82) is 0 Å². The van der Waals surface area contributed by atoms with Crippen LogP contribution in [0.3, 0.4) is 0 Å². The van der Waals surface area contributed by atoms with E-state index in [1.165, 1.54) is 6.33 Å². The smallest absolute Gasteiger partial charge is 0.291 e. The highest BCUT2D eigenvalue weighted by Crippen LogP contribution is 2.21. The number of rotatable bonds is 4. The molecule has 2 atom stereocenters. The molecule has 1 saturated heterocycles. The van der Waals surface area contributed by atoms with Crippen LogP contribution in [0.4, 0.5) is 0 Å². The molecule has 2 aliphatic heterocycles. The monoisotopic (exact) mass is 381 g/mol. The number of nitrogens with one attached hydrogen (secondary N) is 2. The molecule has 4 rings (SSSR count). The summed E-state index contributed by atoms with van der Waals surface area (Å²) in [6, 6.07) is 9.20. The molecule has 0 spiro atoms. The highest BCUT2D eigenvalue weighted by Gasteiger charge is 2.37. The number of amides is 2. The first kappa shape index (κ1) is 18.0. The Morgan fingerprint density at radius 1 is 1.32 bits per heavy atom. The number of carbonyl (C=O) groups excluding carboxylic acids is 2. The number of hydrogen-bond donors (Lipinski definition) is 2. The molecule has 0 aliphatic carbocycles. The van der Waals surface area contributed by atoms with Crippen LogP contribution in [0.1, 0.15) is 29.5 Å². The van der Waals surface area contributed by atoms with E-state index in [0.29, 0.717) is 19.5 Å². The van der Waals surface area contributed by atoms with Crippen molar-refractivity contribution in [1.82, 2.24) is 35.2 Å². The fourth-order valence-corrected chi connectivity index (χ4v) is 3.54. The maximum Gasteiger partial charge on any atom is 0.291 e. The molecule has 2 aromatic rings. The van der Waals surface area contributed by atoms with E-state index in [9.17, 15) is 9.59 Å². The summed E-state index contributed by atoms with van der Waals surface area (Å²) in [4.78, 5) is 33.2. The summed E-state index contributed by atoms with van der Waals surface area (Å²) in [5, 5.41) is 10.2. The second kappa shape index (κ2) is 7.34. The molecule has 28 heavy (non-hydrogen) atoms. The van der Waals surface area contributed by atoms with Crippen LogP contribution in [0.25, 0.3) is 0 Å². The minimum atomic E-state index is -0.612. The molecule has 1 aromatic carbocycles. The zero-order chi connectivity index (χ0) is 19.7. The van der Waals surface area contributed by atoms with Gasteiger partial charge in [-0.05, 0) is 18.9 Å². The Hall–Kier alpha value is -3.36. The van der Waals surface area contributed by atoms with Crippen molar-refractivity contribution in [2.45, 2.75) is 32.2 Å². The van der Waals surface area contributed by atoms with Gasteiger partial charge in [0.05, 0.1) is 6.54 Å². The molecule has 9 nitrogen and oxygen atoms in total. The van der Waals surface area contributed by atoms with Gasteiger partial charge in [0, 0.05) is 25.5 Å². The van der Waals surface area contributed by atoms with E-state index in [0.717, 1.165) is 11.3 Å².